The number of allylic oxidation sites excluding steroid dienone is 4. The van der Waals surface area contributed by atoms with Crippen LogP contribution in [-0.2, 0) is 35.8 Å². The Kier molecular flexibility index (Phi) is 13.6. The minimum atomic E-state index is -5.15. The van der Waals surface area contributed by atoms with Crippen molar-refractivity contribution in [2.75, 3.05) is 32.7 Å². The normalized spacial score (nSPS) is 14.7. The van der Waals surface area contributed by atoms with Gasteiger partial charge in [-0.05, 0) is 77.3 Å². The Morgan fingerprint density at radius 2 is 1.28 bits per heavy atom. The number of carbonyl (C=O) groups excluding carboxylic acids is 1. The summed E-state index contributed by atoms with van der Waals surface area (Å²) in [7, 11) is -5.15. The lowest BCUT2D eigenvalue weighted by molar-refractivity contribution is -0.143. The molecule has 2 aromatic carbocycles. The van der Waals surface area contributed by atoms with Gasteiger partial charge in [0.2, 0.25) is 0 Å². The van der Waals surface area contributed by atoms with Crippen LogP contribution in [0.5, 0.6) is 5.75 Å². The maximum Gasteiger partial charge on any atom is 0.348 e. The fourth-order valence-corrected chi connectivity index (χ4v) is 7.04. The zero-order chi connectivity index (χ0) is 40.1. The van der Waals surface area contributed by atoms with Crippen molar-refractivity contribution in [1.29, 1.82) is 0 Å². The van der Waals surface area contributed by atoms with Crippen LogP contribution in [0.4, 0.5) is 0 Å². The van der Waals surface area contributed by atoms with E-state index in [4.69, 9.17) is 0 Å². The van der Waals surface area contributed by atoms with Crippen molar-refractivity contribution < 1.29 is 62.5 Å². The molecule has 0 spiro atoms. The standard InChI is InChI=1S/C37H44N2O13S/c1-19(2)24-11-26(21(5)28(36(24)48)13-38(15-31(40)41)16-32(42)43)35(23-9-7-8-10-30(23)53(50,51)52)27-12-25(20(3)4)37(49)29(22(27)6)14-39(17-33(44)45)18-34(46)47/h7-12,19-20,48H,13-18H2,1-6H3,(H,40,41)(H,42,43)(H,44,45)(H,46,47)(H,50,51,52)/b35-27+. The number of ketones is 1. The second kappa shape index (κ2) is 17.1. The topological polar surface area (TPSA) is 255 Å². The van der Waals surface area contributed by atoms with Crippen LogP contribution in [-0.4, -0.2) is 115 Å². The molecule has 16 heteroatoms. The summed E-state index contributed by atoms with van der Waals surface area (Å²) in [5.41, 5.74) is 2.18. The van der Waals surface area contributed by atoms with Gasteiger partial charge in [0.15, 0.2) is 0 Å². The van der Waals surface area contributed by atoms with Crippen molar-refractivity contribution in [2.45, 2.75) is 58.9 Å². The average molecular weight is 757 g/mol. The lowest BCUT2D eigenvalue weighted by atomic mass is 9.77. The molecule has 0 amide bonds. The minimum absolute atomic E-state index is 0.0627. The molecule has 1 aliphatic rings. The van der Waals surface area contributed by atoms with E-state index in [0.717, 1.165) is 15.9 Å². The molecule has 0 heterocycles. The van der Waals surface area contributed by atoms with Crippen molar-refractivity contribution in [3.63, 3.8) is 0 Å². The lowest BCUT2D eigenvalue weighted by Crippen LogP contribution is -2.38. The number of hydrogen-bond donors (Lipinski definition) is 5. The third kappa shape index (κ3) is 10.3. The summed E-state index contributed by atoms with van der Waals surface area (Å²) in [5.74, 6) is -6.53. The second-order valence-electron chi connectivity index (χ2n) is 13.4. The fraction of sp³-hybridized carbons (Fsp3) is 0.378. The zero-order valence-corrected chi connectivity index (χ0v) is 31.0. The van der Waals surface area contributed by atoms with E-state index in [1.807, 2.05) is 0 Å². The van der Waals surface area contributed by atoms with Gasteiger partial charge in [0.05, 0.1) is 42.2 Å². The molecule has 6 N–H and O–H groups in total. The zero-order valence-electron chi connectivity index (χ0n) is 30.2. The number of hydrogen-bond acceptors (Lipinski definition) is 10. The molecule has 0 bridgehead atoms. The highest BCUT2D eigenvalue weighted by Gasteiger charge is 2.35. The molecule has 0 saturated carbocycles. The van der Waals surface area contributed by atoms with Crippen molar-refractivity contribution in [1.82, 2.24) is 9.80 Å². The number of carboxylic acid groups (broad SMARTS) is 4. The Labute approximate surface area is 306 Å². The summed E-state index contributed by atoms with van der Waals surface area (Å²) in [4.78, 5) is 60.0. The van der Waals surface area contributed by atoms with Gasteiger partial charge in [-0.1, -0.05) is 45.9 Å². The first-order valence-electron chi connectivity index (χ1n) is 16.5. The van der Waals surface area contributed by atoms with Crippen molar-refractivity contribution >= 4 is 45.4 Å². The van der Waals surface area contributed by atoms with Gasteiger partial charge < -0.3 is 30.1 Å². The Hall–Kier alpha value is -5.16. The molecule has 0 atom stereocenters. The van der Waals surface area contributed by atoms with Gasteiger partial charge in [0, 0.05) is 24.2 Å². The summed E-state index contributed by atoms with van der Waals surface area (Å²) in [6.07, 6.45) is 1.60. The van der Waals surface area contributed by atoms with Crippen LogP contribution in [0.2, 0.25) is 0 Å². The molecule has 2 aromatic rings. The first-order chi connectivity index (χ1) is 24.5. The molecular formula is C37H44N2O13S. The van der Waals surface area contributed by atoms with Crippen LogP contribution in [0.25, 0.3) is 5.57 Å². The molecule has 15 nitrogen and oxygen atoms in total. The number of aliphatic carboxylic acids is 4. The summed E-state index contributed by atoms with van der Waals surface area (Å²) in [6.45, 7) is 6.73. The molecule has 0 saturated heterocycles. The van der Waals surface area contributed by atoms with Gasteiger partial charge in [-0.15, -0.1) is 0 Å². The Morgan fingerprint density at radius 3 is 1.74 bits per heavy atom. The molecule has 3 rings (SSSR count). The highest BCUT2D eigenvalue weighted by Crippen LogP contribution is 2.44. The van der Waals surface area contributed by atoms with Crippen LogP contribution >= 0.6 is 0 Å². The summed E-state index contributed by atoms with van der Waals surface area (Å²) < 4.78 is 38.4. The van der Waals surface area contributed by atoms with Crippen molar-refractivity contribution in [3.05, 3.63) is 86.5 Å². The number of aromatic hydroxyl groups is 1. The fourth-order valence-electron chi connectivity index (χ4n) is 6.35. The summed E-state index contributed by atoms with van der Waals surface area (Å²) >= 11 is 0. The highest BCUT2D eigenvalue weighted by molar-refractivity contribution is 7.85. The molecule has 0 fully saturated rings. The predicted octanol–water partition coefficient (Wildman–Crippen LogP) is 3.43. The SMILES string of the molecule is CC1=C(CN(CC(=O)O)CC(=O)O)C(=[OH+])C(C(C)C)=C/C1=C(/c1ccccc1S(=O)(=O)[O-])c1cc(C(C)C)c(O)c(CN(CC(=O)O)CC(=O)O)c1C. The number of phenolic OH excluding ortho intramolecular Hbond substituents is 1. The summed E-state index contributed by atoms with van der Waals surface area (Å²) in [6, 6.07) is 7.00. The quantitative estimate of drug-likeness (QED) is 0.115. The first kappa shape index (κ1) is 42.3. The van der Waals surface area contributed by atoms with E-state index in [1.165, 1.54) is 18.2 Å². The third-order valence-corrected chi connectivity index (χ3v) is 9.73. The van der Waals surface area contributed by atoms with Gasteiger partial charge in [0.1, 0.15) is 15.9 Å². The summed E-state index contributed by atoms with van der Waals surface area (Å²) in [5, 5.41) is 49.7. The number of rotatable bonds is 17. The van der Waals surface area contributed by atoms with E-state index in [2.05, 4.69) is 0 Å². The monoisotopic (exact) mass is 756 g/mol. The number of nitrogens with zero attached hydrogens (tertiary/aromatic N) is 2. The van der Waals surface area contributed by atoms with Crippen molar-refractivity contribution in [3.8, 4) is 5.75 Å². The molecule has 0 radical (unpaired) electrons. The largest absolute Gasteiger partial charge is 0.744 e. The van der Waals surface area contributed by atoms with E-state index < -0.39 is 65.1 Å². The van der Waals surface area contributed by atoms with E-state index in [0.29, 0.717) is 22.3 Å². The molecule has 0 aliphatic heterocycles. The smallest absolute Gasteiger partial charge is 0.348 e. The Morgan fingerprint density at radius 1 is 0.792 bits per heavy atom. The van der Waals surface area contributed by atoms with E-state index in [-0.39, 0.29) is 69.9 Å². The van der Waals surface area contributed by atoms with Crippen LogP contribution in [0.1, 0.15) is 68.4 Å². The van der Waals surface area contributed by atoms with Crippen LogP contribution in [0, 0.1) is 12.8 Å². The molecule has 0 unspecified atom stereocenters. The van der Waals surface area contributed by atoms with E-state index in [9.17, 15) is 62.5 Å². The Bertz CT molecular complexity index is 2010. The van der Waals surface area contributed by atoms with Gasteiger partial charge in [0.25, 0.3) is 0 Å². The van der Waals surface area contributed by atoms with Crippen LogP contribution in [0.15, 0.2) is 63.6 Å². The second-order valence-corrected chi connectivity index (χ2v) is 14.8. The van der Waals surface area contributed by atoms with Crippen LogP contribution in [0.3, 0.4) is 0 Å². The number of benzene rings is 2. The molecule has 286 valence electrons. The first-order valence-corrected chi connectivity index (χ1v) is 17.9. The van der Waals surface area contributed by atoms with Crippen molar-refractivity contribution in [2.24, 2.45) is 5.92 Å². The third-order valence-electron chi connectivity index (χ3n) is 8.84. The average Bonchev–Trinajstić information content (AvgIpc) is 3.01. The minimum Gasteiger partial charge on any atom is -0.744 e. The predicted molar refractivity (Wildman–Crippen MR) is 192 cm³/mol. The lowest BCUT2D eigenvalue weighted by Gasteiger charge is -2.29. The maximum atomic E-state index is 12.8. The van der Waals surface area contributed by atoms with Gasteiger partial charge in [-0.3, -0.25) is 33.8 Å². The van der Waals surface area contributed by atoms with Crippen LogP contribution < -0.4 is 0 Å². The van der Waals surface area contributed by atoms with Gasteiger partial charge >= 0.3 is 29.7 Å². The molecule has 53 heavy (non-hydrogen) atoms. The van der Waals surface area contributed by atoms with Gasteiger partial charge in [-0.2, -0.15) is 0 Å². The molecular weight excluding hydrogens is 712 g/mol. The van der Waals surface area contributed by atoms with E-state index >= 15 is 0 Å². The molecule has 1 aliphatic carbocycles. The number of phenols is 1. The maximum absolute atomic E-state index is 12.8. The number of carbonyl (C=O) groups is 4. The number of carboxylic acids is 4. The van der Waals surface area contributed by atoms with Gasteiger partial charge in [-0.25, -0.2) is 8.42 Å². The Balaban J connectivity index is 2.64. The highest BCUT2D eigenvalue weighted by atomic mass is 32.2. The van der Waals surface area contributed by atoms with E-state index in [1.54, 1.807) is 53.7 Å². The molecule has 0 aromatic heterocycles.